The summed E-state index contributed by atoms with van der Waals surface area (Å²) in [4.78, 5) is 24.6. The molecule has 7 nitrogen and oxygen atoms in total. The number of hydrogen-bond acceptors (Lipinski definition) is 5. The molecule has 1 saturated heterocycles. The van der Waals surface area contributed by atoms with Crippen molar-refractivity contribution in [3.63, 3.8) is 0 Å². The summed E-state index contributed by atoms with van der Waals surface area (Å²) >= 11 is 0. The van der Waals surface area contributed by atoms with Crippen LogP contribution in [0.3, 0.4) is 0 Å². The number of anilines is 1. The van der Waals surface area contributed by atoms with Gasteiger partial charge in [-0.25, -0.2) is 0 Å². The van der Waals surface area contributed by atoms with Crippen LogP contribution in [0.1, 0.15) is 19.8 Å². The van der Waals surface area contributed by atoms with E-state index < -0.39 is 4.92 Å². The molecule has 120 valence electrons. The zero-order valence-corrected chi connectivity index (χ0v) is 12.9. The molecule has 0 saturated carbocycles. The van der Waals surface area contributed by atoms with Crippen LogP contribution in [0, 0.1) is 16.0 Å². The molecule has 1 amide bonds. The highest BCUT2D eigenvalue weighted by molar-refractivity contribution is 5.94. The van der Waals surface area contributed by atoms with Gasteiger partial charge in [-0.05, 0) is 37.9 Å². The number of ether oxygens (including phenoxy) is 1. The second kappa shape index (κ2) is 7.22. The van der Waals surface area contributed by atoms with Gasteiger partial charge in [0.05, 0.1) is 24.3 Å². The Morgan fingerprint density at radius 1 is 1.45 bits per heavy atom. The minimum atomic E-state index is -0.499. The van der Waals surface area contributed by atoms with Crippen molar-refractivity contribution in [2.45, 2.75) is 19.8 Å². The van der Waals surface area contributed by atoms with Gasteiger partial charge in [-0.2, -0.15) is 0 Å². The molecule has 1 fully saturated rings. The lowest BCUT2D eigenvalue weighted by atomic mass is 9.99. The van der Waals surface area contributed by atoms with Crippen LogP contribution in [0.5, 0.6) is 5.75 Å². The van der Waals surface area contributed by atoms with Crippen LogP contribution in [-0.2, 0) is 4.79 Å². The fourth-order valence-corrected chi connectivity index (χ4v) is 2.52. The van der Waals surface area contributed by atoms with Gasteiger partial charge in [0.15, 0.2) is 0 Å². The number of non-ortho nitro benzene ring substituents is 1. The molecule has 0 unspecified atom stereocenters. The number of hydrogen-bond donors (Lipinski definition) is 1. The van der Waals surface area contributed by atoms with Gasteiger partial charge in [0.2, 0.25) is 5.91 Å². The maximum Gasteiger partial charge on any atom is 0.271 e. The first-order chi connectivity index (χ1) is 10.5. The van der Waals surface area contributed by atoms with Gasteiger partial charge in [0.1, 0.15) is 5.75 Å². The van der Waals surface area contributed by atoms with E-state index in [-0.39, 0.29) is 11.6 Å². The van der Waals surface area contributed by atoms with Gasteiger partial charge >= 0.3 is 0 Å². The lowest BCUT2D eigenvalue weighted by molar-refractivity contribution is -0.384. The quantitative estimate of drug-likeness (QED) is 0.666. The molecule has 0 atom stereocenters. The summed E-state index contributed by atoms with van der Waals surface area (Å²) in [6.45, 7) is 4.31. The molecule has 0 spiro atoms. The van der Waals surface area contributed by atoms with Gasteiger partial charge in [-0.3, -0.25) is 19.8 Å². The van der Waals surface area contributed by atoms with Crippen molar-refractivity contribution in [3.05, 3.63) is 28.3 Å². The summed E-state index contributed by atoms with van der Waals surface area (Å²) in [5.41, 5.74) is 0.245. The van der Waals surface area contributed by atoms with E-state index in [0.717, 1.165) is 25.9 Å². The van der Waals surface area contributed by atoms with Crippen LogP contribution < -0.4 is 10.1 Å². The van der Waals surface area contributed by atoms with Crippen molar-refractivity contribution in [1.82, 2.24) is 4.90 Å². The number of carbonyl (C=O) groups excluding carboxylic acids is 1. The van der Waals surface area contributed by atoms with Crippen LogP contribution in [0.4, 0.5) is 11.4 Å². The van der Waals surface area contributed by atoms with Crippen LogP contribution in [-0.4, -0.2) is 42.5 Å². The Bertz CT molecular complexity index is 554. The highest BCUT2D eigenvalue weighted by Crippen LogP contribution is 2.28. The van der Waals surface area contributed by atoms with Crippen LogP contribution in [0.2, 0.25) is 0 Å². The molecule has 22 heavy (non-hydrogen) atoms. The minimum Gasteiger partial charge on any atom is -0.495 e. The van der Waals surface area contributed by atoms with Crippen molar-refractivity contribution in [2.24, 2.45) is 5.92 Å². The third-order valence-electron chi connectivity index (χ3n) is 3.91. The molecule has 0 bridgehead atoms. The van der Waals surface area contributed by atoms with E-state index in [1.54, 1.807) is 0 Å². The molecule has 0 aromatic heterocycles. The van der Waals surface area contributed by atoms with E-state index in [4.69, 9.17) is 4.74 Å². The summed E-state index contributed by atoms with van der Waals surface area (Å²) in [6.07, 6.45) is 2.18. The number of nitro benzene ring substituents is 1. The second-order valence-electron chi connectivity index (χ2n) is 5.65. The first-order valence-electron chi connectivity index (χ1n) is 7.34. The highest BCUT2D eigenvalue weighted by atomic mass is 16.6. The number of piperidine rings is 1. The molecule has 0 radical (unpaired) electrons. The molecule has 0 aliphatic carbocycles. The summed E-state index contributed by atoms with van der Waals surface area (Å²) in [5.74, 6) is 0.927. The number of likely N-dealkylation sites (tertiary alicyclic amines) is 1. The van der Waals surface area contributed by atoms with E-state index in [1.807, 2.05) is 0 Å². The molecule has 1 aromatic rings. The molecule has 1 N–H and O–H groups in total. The highest BCUT2D eigenvalue weighted by Gasteiger charge is 2.19. The van der Waals surface area contributed by atoms with E-state index in [1.165, 1.54) is 25.3 Å². The Morgan fingerprint density at radius 2 is 2.14 bits per heavy atom. The molecule has 1 aromatic carbocycles. The molecule has 1 aliphatic rings. The molecule has 7 heteroatoms. The van der Waals surface area contributed by atoms with Crippen molar-refractivity contribution in [1.29, 1.82) is 0 Å². The topological polar surface area (TPSA) is 84.7 Å². The molecule has 1 aliphatic heterocycles. The smallest absolute Gasteiger partial charge is 0.271 e. The van der Waals surface area contributed by atoms with Gasteiger partial charge in [-0.1, -0.05) is 6.92 Å². The summed E-state index contributed by atoms with van der Waals surface area (Å²) in [6, 6.07) is 4.14. The van der Waals surface area contributed by atoms with Gasteiger partial charge in [-0.15, -0.1) is 0 Å². The molecule has 1 heterocycles. The summed E-state index contributed by atoms with van der Waals surface area (Å²) in [7, 11) is 1.46. The summed E-state index contributed by atoms with van der Waals surface area (Å²) in [5, 5.41) is 13.5. The van der Waals surface area contributed by atoms with Gasteiger partial charge in [0.25, 0.3) is 5.69 Å². The van der Waals surface area contributed by atoms with Gasteiger partial charge < -0.3 is 10.1 Å². The Hall–Kier alpha value is -2.15. The fourth-order valence-electron chi connectivity index (χ4n) is 2.52. The minimum absolute atomic E-state index is 0.0807. The first-order valence-corrected chi connectivity index (χ1v) is 7.34. The van der Waals surface area contributed by atoms with Crippen molar-refractivity contribution >= 4 is 17.3 Å². The average Bonchev–Trinajstić information content (AvgIpc) is 2.49. The predicted molar refractivity (Wildman–Crippen MR) is 83.1 cm³/mol. The zero-order chi connectivity index (χ0) is 16.1. The Balaban J connectivity index is 2.01. The number of methoxy groups -OCH3 is 1. The van der Waals surface area contributed by atoms with Crippen LogP contribution in [0.15, 0.2) is 18.2 Å². The zero-order valence-electron chi connectivity index (χ0n) is 12.9. The third kappa shape index (κ3) is 4.17. The number of carbonyl (C=O) groups is 1. The Morgan fingerprint density at radius 3 is 2.73 bits per heavy atom. The van der Waals surface area contributed by atoms with E-state index >= 15 is 0 Å². The maximum atomic E-state index is 12.1. The number of nitrogens with one attached hydrogen (secondary N) is 1. The number of rotatable bonds is 5. The molecular weight excluding hydrogens is 286 g/mol. The van der Waals surface area contributed by atoms with Crippen molar-refractivity contribution in [2.75, 3.05) is 32.1 Å². The van der Waals surface area contributed by atoms with E-state index in [2.05, 4.69) is 17.1 Å². The standard InChI is InChI=1S/C15H21N3O4/c1-11-5-7-17(8-6-11)10-15(19)16-13-9-12(18(20)21)3-4-14(13)22-2/h3-4,9,11H,5-8,10H2,1-2H3,(H,16,19). The average molecular weight is 307 g/mol. The number of nitrogens with zero attached hydrogens (tertiary/aromatic N) is 2. The number of benzene rings is 1. The largest absolute Gasteiger partial charge is 0.495 e. The van der Waals surface area contributed by atoms with E-state index in [9.17, 15) is 14.9 Å². The van der Waals surface area contributed by atoms with Crippen LogP contribution >= 0.6 is 0 Å². The predicted octanol–water partition coefficient (Wildman–Crippen LogP) is 2.27. The lowest BCUT2D eigenvalue weighted by Crippen LogP contribution is -2.38. The monoisotopic (exact) mass is 307 g/mol. The third-order valence-corrected chi connectivity index (χ3v) is 3.91. The van der Waals surface area contributed by atoms with Crippen molar-refractivity contribution in [3.8, 4) is 5.75 Å². The first kappa shape index (κ1) is 16.2. The Labute approximate surface area is 129 Å². The SMILES string of the molecule is COc1ccc([N+](=O)[O-])cc1NC(=O)CN1CCC(C)CC1. The molecular formula is C15H21N3O4. The number of nitro groups is 1. The van der Waals surface area contributed by atoms with Crippen LogP contribution in [0.25, 0.3) is 0 Å². The van der Waals surface area contributed by atoms with E-state index in [0.29, 0.717) is 23.9 Å². The molecule has 2 rings (SSSR count). The maximum absolute atomic E-state index is 12.1. The normalized spacial score (nSPS) is 16.3. The van der Waals surface area contributed by atoms with Crippen molar-refractivity contribution < 1.29 is 14.5 Å². The lowest BCUT2D eigenvalue weighted by Gasteiger charge is -2.29. The summed E-state index contributed by atoms with van der Waals surface area (Å²) < 4.78 is 5.13. The fraction of sp³-hybridized carbons (Fsp3) is 0.533. The van der Waals surface area contributed by atoms with Gasteiger partial charge in [0, 0.05) is 12.1 Å². The Kier molecular flexibility index (Phi) is 5.32. The second-order valence-corrected chi connectivity index (χ2v) is 5.65. The number of amides is 1.